The lowest BCUT2D eigenvalue weighted by atomic mass is 10.2. The van der Waals surface area contributed by atoms with E-state index >= 15 is 0 Å². The minimum atomic E-state index is -3.48. The SMILES string of the molecule is Cc1cccc(NC(=O)CS(=O)(=O)Cc2ccccc2)c1. The summed E-state index contributed by atoms with van der Waals surface area (Å²) >= 11 is 0. The number of anilines is 1. The minimum absolute atomic E-state index is 0.130. The van der Waals surface area contributed by atoms with Crippen LogP contribution in [-0.4, -0.2) is 20.1 Å². The monoisotopic (exact) mass is 303 g/mol. The molecule has 0 aliphatic carbocycles. The zero-order valence-corrected chi connectivity index (χ0v) is 12.6. The van der Waals surface area contributed by atoms with Crippen molar-refractivity contribution < 1.29 is 13.2 Å². The second-order valence-corrected chi connectivity index (χ2v) is 7.00. The first-order valence-electron chi connectivity index (χ1n) is 6.55. The summed E-state index contributed by atoms with van der Waals surface area (Å²) in [7, 11) is -3.48. The molecule has 0 saturated carbocycles. The Bertz CT molecular complexity index is 724. The maximum Gasteiger partial charge on any atom is 0.239 e. The smallest absolute Gasteiger partial charge is 0.239 e. The molecule has 0 heterocycles. The predicted octanol–water partition coefficient (Wildman–Crippen LogP) is 2.55. The predicted molar refractivity (Wildman–Crippen MR) is 83.7 cm³/mol. The largest absolute Gasteiger partial charge is 0.325 e. The highest BCUT2D eigenvalue weighted by molar-refractivity contribution is 7.91. The molecule has 0 aliphatic rings. The number of carbonyl (C=O) groups is 1. The van der Waals surface area contributed by atoms with Crippen molar-refractivity contribution in [1.82, 2.24) is 0 Å². The standard InChI is InChI=1S/C16H17NO3S/c1-13-6-5-9-15(10-13)17-16(18)12-21(19,20)11-14-7-3-2-4-8-14/h2-10H,11-12H2,1H3,(H,17,18). The first kappa shape index (κ1) is 15.3. The Balaban J connectivity index is 1.98. The van der Waals surface area contributed by atoms with Crippen molar-refractivity contribution in [3.05, 3.63) is 65.7 Å². The molecule has 0 aromatic heterocycles. The van der Waals surface area contributed by atoms with E-state index < -0.39 is 21.5 Å². The summed E-state index contributed by atoms with van der Waals surface area (Å²) in [5, 5.41) is 2.61. The Morgan fingerprint density at radius 1 is 1.05 bits per heavy atom. The number of hydrogen-bond donors (Lipinski definition) is 1. The quantitative estimate of drug-likeness (QED) is 0.923. The zero-order chi connectivity index (χ0) is 15.3. The van der Waals surface area contributed by atoms with Gasteiger partial charge in [0.15, 0.2) is 9.84 Å². The van der Waals surface area contributed by atoms with Crippen LogP contribution >= 0.6 is 0 Å². The summed E-state index contributed by atoms with van der Waals surface area (Å²) in [6, 6.07) is 16.1. The molecule has 2 aromatic carbocycles. The van der Waals surface area contributed by atoms with Gasteiger partial charge in [0, 0.05) is 5.69 Å². The molecule has 0 atom stereocenters. The molecular formula is C16H17NO3S. The number of benzene rings is 2. The minimum Gasteiger partial charge on any atom is -0.325 e. The van der Waals surface area contributed by atoms with Crippen LogP contribution in [0.5, 0.6) is 0 Å². The lowest BCUT2D eigenvalue weighted by Crippen LogP contribution is -2.23. The third-order valence-corrected chi connectivity index (χ3v) is 4.36. The molecule has 0 saturated heterocycles. The van der Waals surface area contributed by atoms with Gasteiger partial charge in [0.25, 0.3) is 0 Å². The van der Waals surface area contributed by atoms with E-state index in [0.29, 0.717) is 11.3 Å². The second-order valence-electron chi connectivity index (χ2n) is 4.94. The molecule has 1 N–H and O–H groups in total. The molecule has 4 nitrogen and oxygen atoms in total. The summed E-state index contributed by atoms with van der Waals surface area (Å²) in [5.74, 6) is -1.17. The second kappa shape index (κ2) is 6.54. The molecule has 0 fully saturated rings. The fraction of sp³-hybridized carbons (Fsp3) is 0.188. The van der Waals surface area contributed by atoms with Crippen molar-refractivity contribution in [3.8, 4) is 0 Å². The Morgan fingerprint density at radius 3 is 2.43 bits per heavy atom. The highest BCUT2D eigenvalue weighted by atomic mass is 32.2. The van der Waals surface area contributed by atoms with Crippen LogP contribution in [0.4, 0.5) is 5.69 Å². The molecule has 0 aliphatic heterocycles. The molecule has 2 aromatic rings. The third kappa shape index (κ3) is 5.04. The van der Waals surface area contributed by atoms with E-state index in [-0.39, 0.29) is 5.75 Å². The zero-order valence-electron chi connectivity index (χ0n) is 11.7. The van der Waals surface area contributed by atoms with E-state index in [0.717, 1.165) is 5.56 Å². The first-order valence-corrected chi connectivity index (χ1v) is 8.38. The lowest BCUT2D eigenvalue weighted by Gasteiger charge is -2.07. The van der Waals surface area contributed by atoms with Gasteiger partial charge in [-0.25, -0.2) is 8.42 Å². The van der Waals surface area contributed by atoms with Gasteiger partial charge < -0.3 is 5.32 Å². The number of nitrogens with one attached hydrogen (secondary N) is 1. The van der Waals surface area contributed by atoms with Crippen molar-refractivity contribution in [2.24, 2.45) is 0 Å². The highest BCUT2D eigenvalue weighted by Gasteiger charge is 2.17. The van der Waals surface area contributed by atoms with Crippen LogP contribution in [0.3, 0.4) is 0 Å². The third-order valence-electron chi connectivity index (χ3n) is 2.88. The van der Waals surface area contributed by atoms with Crippen molar-refractivity contribution >= 4 is 21.4 Å². The average molecular weight is 303 g/mol. The van der Waals surface area contributed by atoms with Crippen molar-refractivity contribution in [1.29, 1.82) is 0 Å². The van der Waals surface area contributed by atoms with Gasteiger partial charge in [-0.3, -0.25) is 4.79 Å². The number of amides is 1. The summed E-state index contributed by atoms with van der Waals surface area (Å²) in [6.07, 6.45) is 0. The number of rotatable bonds is 5. The topological polar surface area (TPSA) is 63.2 Å². The van der Waals surface area contributed by atoms with Gasteiger partial charge in [-0.2, -0.15) is 0 Å². The van der Waals surface area contributed by atoms with Crippen LogP contribution in [0.1, 0.15) is 11.1 Å². The molecule has 0 spiro atoms. The van der Waals surface area contributed by atoms with E-state index in [1.807, 2.05) is 25.1 Å². The number of hydrogen-bond acceptors (Lipinski definition) is 3. The molecule has 2 rings (SSSR count). The number of carbonyl (C=O) groups excluding carboxylic acids is 1. The highest BCUT2D eigenvalue weighted by Crippen LogP contribution is 2.11. The Labute approximate surface area is 124 Å². The van der Waals surface area contributed by atoms with Crippen molar-refractivity contribution in [2.75, 3.05) is 11.1 Å². The maximum atomic E-state index is 12.0. The van der Waals surface area contributed by atoms with Gasteiger partial charge in [-0.1, -0.05) is 42.5 Å². The van der Waals surface area contributed by atoms with E-state index in [1.165, 1.54) is 0 Å². The van der Waals surface area contributed by atoms with E-state index in [1.54, 1.807) is 36.4 Å². The summed E-state index contributed by atoms with van der Waals surface area (Å²) < 4.78 is 24.0. The molecule has 1 amide bonds. The Kier molecular flexibility index (Phi) is 4.75. The van der Waals surface area contributed by atoms with E-state index in [9.17, 15) is 13.2 Å². The van der Waals surface area contributed by atoms with Crippen LogP contribution < -0.4 is 5.32 Å². The van der Waals surface area contributed by atoms with Crippen LogP contribution in [0.15, 0.2) is 54.6 Å². The summed E-state index contributed by atoms with van der Waals surface area (Å²) in [5.41, 5.74) is 2.29. The molecular weight excluding hydrogens is 286 g/mol. The van der Waals surface area contributed by atoms with Crippen LogP contribution in [0.2, 0.25) is 0 Å². The first-order chi connectivity index (χ1) is 9.94. The van der Waals surface area contributed by atoms with Crippen LogP contribution in [0, 0.1) is 6.92 Å². The van der Waals surface area contributed by atoms with Crippen LogP contribution in [0.25, 0.3) is 0 Å². The van der Waals surface area contributed by atoms with Gasteiger partial charge in [-0.15, -0.1) is 0 Å². The molecule has 110 valence electrons. The van der Waals surface area contributed by atoms with Crippen molar-refractivity contribution in [3.63, 3.8) is 0 Å². The van der Waals surface area contributed by atoms with Gasteiger partial charge in [0.2, 0.25) is 5.91 Å². The fourth-order valence-corrected chi connectivity index (χ4v) is 3.27. The Hall–Kier alpha value is -2.14. The molecule has 0 unspecified atom stereocenters. The molecule has 5 heteroatoms. The summed E-state index contributed by atoms with van der Waals surface area (Å²) in [4.78, 5) is 11.8. The number of sulfone groups is 1. The van der Waals surface area contributed by atoms with E-state index in [2.05, 4.69) is 5.32 Å². The number of aryl methyl sites for hydroxylation is 1. The normalized spacial score (nSPS) is 11.1. The molecule has 0 bridgehead atoms. The molecule has 21 heavy (non-hydrogen) atoms. The van der Waals surface area contributed by atoms with Gasteiger partial charge >= 0.3 is 0 Å². The lowest BCUT2D eigenvalue weighted by molar-refractivity contribution is -0.113. The van der Waals surface area contributed by atoms with Crippen LogP contribution in [-0.2, 0) is 20.4 Å². The maximum absolute atomic E-state index is 12.0. The molecule has 0 radical (unpaired) electrons. The summed E-state index contributed by atoms with van der Waals surface area (Å²) in [6.45, 7) is 1.90. The van der Waals surface area contributed by atoms with Gasteiger partial charge in [-0.05, 0) is 30.2 Å². The Morgan fingerprint density at radius 2 is 1.76 bits per heavy atom. The fourth-order valence-electron chi connectivity index (χ4n) is 2.00. The van der Waals surface area contributed by atoms with Gasteiger partial charge in [0.1, 0.15) is 5.75 Å². The van der Waals surface area contributed by atoms with Crippen molar-refractivity contribution in [2.45, 2.75) is 12.7 Å². The van der Waals surface area contributed by atoms with E-state index in [4.69, 9.17) is 0 Å². The van der Waals surface area contributed by atoms with Gasteiger partial charge in [0.05, 0.1) is 5.75 Å². The average Bonchev–Trinajstić information content (AvgIpc) is 2.38.